The Morgan fingerprint density at radius 1 is 1.41 bits per heavy atom. The van der Waals surface area contributed by atoms with Crippen LogP contribution in [0.15, 0.2) is 23.4 Å². The molecule has 3 rings (SSSR count). The number of nitrogens with zero attached hydrogens (tertiary/aromatic N) is 3. The van der Waals surface area contributed by atoms with Gasteiger partial charge >= 0.3 is 5.97 Å². The third kappa shape index (κ3) is 2.76. The topological polar surface area (TPSA) is 80.8 Å². The maximum atomic E-state index is 11.7. The molecule has 0 saturated carbocycles. The Balaban J connectivity index is 1.93. The Kier molecular flexibility index (Phi) is 3.98. The lowest BCUT2D eigenvalue weighted by atomic mass is 10.2. The SMILES string of the molecule is CCOC(=O)[C@H](C)Sc1nnc2c(n1)[nH]c1ccc(C)cc12. The highest BCUT2D eigenvalue weighted by molar-refractivity contribution is 8.00. The summed E-state index contributed by atoms with van der Waals surface area (Å²) in [6, 6.07) is 6.09. The van der Waals surface area contributed by atoms with Crippen molar-refractivity contribution < 1.29 is 9.53 Å². The molecule has 2 aromatic heterocycles. The van der Waals surface area contributed by atoms with Crippen molar-refractivity contribution in [2.45, 2.75) is 31.2 Å². The zero-order valence-electron chi connectivity index (χ0n) is 12.6. The van der Waals surface area contributed by atoms with Gasteiger partial charge in [-0.3, -0.25) is 4.79 Å². The predicted molar refractivity (Wildman–Crippen MR) is 85.9 cm³/mol. The van der Waals surface area contributed by atoms with Crippen molar-refractivity contribution in [3.05, 3.63) is 23.8 Å². The highest BCUT2D eigenvalue weighted by atomic mass is 32.2. The fourth-order valence-electron chi connectivity index (χ4n) is 2.19. The van der Waals surface area contributed by atoms with Crippen LogP contribution in [0.3, 0.4) is 0 Å². The third-order valence-corrected chi connectivity index (χ3v) is 4.18. The number of esters is 1. The number of aryl methyl sites for hydroxylation is 1. The maximum absolute atomic E-state index is 11.7. The molecule has 0 radical (unpaired) electrons. The predicted octanol–water partition coefficient (Wildman–Crippen LogP) is 2.86. The van der Waals surface area contributed by atoms with Crippen LogP contribution in [0.5, 0.6) is 0 Å². The number of fused-ring (bicyclic) bond motifs is 3. The van der Waals surface area contributed by atoms with Crippen LogP contribution in [0.4, 0.5) is 0 Å². The Labute approximate surface area is 131 Å². The van der Waals surface area contributed by atoms with E-state index in [9.17, 15) is 4.79 Å². The molecule has 0 fully saturated rings. The third-order valence-electron chi connectivity index (χ3n) is 3.25. The zero-order valence-corrected chi connectivity index (χ0v) is 13.4. The van der Waals surface area contributed by atoms with Gasteiger partial charge < -0.3 is 9.72 Å². The van der Waals surface area contributed by atoms with Gasteiger partial charge in [0, 0.05) is 10.9 Å². The van der Waals surface area contributed by atoms with Crippen molar-refractivity contribution in [3.8, 4) is 0 Å². The molecule has 0 unspecified atom stereocenters. The summed E-state index contributed by atoms with van der Waals surface area (Å²) in [4.78, 5) is 19.3. The number of carbonyl (C=O) groups excluding carboxylic acids is 1. The van der Waals surface area contributed by atoms with Gasteiger partial charge in [0.25, 0.3) is 0 Å². The molecule has 0 spiro atoms. The van der Waals surface area contributed by atoms with E-state index in [0.29, 0.717) is 17.4 Å². The Morgan fingerprint density at radius 3 is 3.00 bits per heavy atom. The molecule has 0 aliphatic rings. The molecular formula is C15H16N4O2S. The van der Waals surface area contributed by atoms with E-state index in [2.05, 4.69) is 26.2 Å². The number of aromatic amines is 1. The molecule has 0 amide bonds. The number of nitrogens with one attached hydrogen (secondary N) is 1. The molecule has 22 heavy (non-hydrogen) atoms. The van der Waals surface area contributed by atoms with Gasteiger partial charge in [-0.1, -0.05) is 23.4 Å². The minimum absolute atomic E-state index is 0.275. The van der Waals surface area contributed by atoms with Crippen molar-refractivity contribution in [1.29, 1.82) is 0 Å². The summed E-state index contributed by atoms with van der Waals surface area (Å²) < 4.78 is 4.98. The summed E-state index contributed by atoms with van der Waals surface area (Å²) in [5.74, 6) is -0.275. The number of benzene rings is 1. The number of ether oxygens (including phenoxy) is 1. The van der Waals surface area contributed by atoms with Gasteiger partial charge in [0.05, 0.1) is 6.61 Å². The lowest BCUT2D eigenvalue weighted by molar-refractivity contribution is -0.142. The number of hydrogen-bond acceptors (Lipinski definition) is 6. The number of carbonyl (C=O) groups is 1. The summed E-state index contributed by atoms with van der Waals surface area (Å²) >= 11 is 1.24. The van der Waals surface area contributed by atoms with E-state index in [1.54, 1.807) is 13.8 Å². The number of H-pyrrole nitrogens is 1. The van der Waals surface area contributed by atoms with E-state index in [-0.39, 0.29) is 11.2 Å². The molecular weight excluding hydrogens is 300 g/mol. The first-order valence-electron chi connectivity index (χ1n) is 7.04. The maximum Gasteiger partial charge on any atom is 0.319 e. The van der Waals surface area contributed by atoms with E-state index < -0.39 is 0 Å². The van der Waals surface area contributed by atoms with E-state index in [1.165, 1.54) is 11.8 Å². The second-order valence-electron chi connectivity index (χ2n) is 4.98. The minimum atomic E-state index is -0.370. The highest BCUT2D eigenvalue weighted by Crippen LogP contribution is 2.26. The van der Waals surface area contributed by atoms with E-state index >= 15 is 0 Å². The number of thioether (sulfide) groups is 1. The smallest absolute Gasteiger partial charge is 0.319 e. The van der Waals surface area contributed by atoms with E-state index in [0.717, 1.165) is 22.0 Å². The van der Waals surface area contributed by atoms with Crippen LogP contribution in [0, 0.1) is 6.92 Å². The van der Waals surface area contributed by atoms with Crippen LogP contribution in [0.1, 0.15) is 19.4 Å². The molecule has 1 N–H and O–H groups in total. The molecule has 6 nitrogen and oxygen atoms in total. The standard InChI is InChI=1S/C15H16N4O2S/c1-4-21-14(20)9(3)22-15-17-13-12(18-19-15)10-7-8(2)5-6-11(10)16-13/h5-7,9H,4H2,1-3H3,(H,16,17,19)/t9-/m0/s1. The van der Waals surface area contributed by atoms with Crippen LogP contribution in [0.2, 0.25) is 0 Å². The van der Waals surface area contributed by atoms with Gasteiger partial charge in [-0.2, -0.15) is 0 Å². The molecule has 0 aliphatic carbocycles. The molecule has 1 atom stereocenters. The second kappa shape index (κ2) is 5.92. The molecule has 1 aromatic carbocycles. The van der Waals surface area contributed by atoms with Crippen molar-refractivity contribution in [1.82, 2.24) is 20.2 Å². The van der Waals surface area contributed by atoms with Crippen molar-refractivity contribution in [2.75, 3.05) is 6.61 Å². The van der Waals surface area contributed by atoms with Gasteiger partial charge in [-0.15, -0.1) is 10.2 Å². The Morgan fingerprint density at radius 2 is 2.23 bits per heavy atom. The van der Waals surface area contributed by atoms with Gasteiger partial charge in [0.2, 0.25) is 5.16 Å². The Hall–Kier alpha value is -2.15. The molecule has 0 aliphatic heterocycles. The number of aromatic nitrogens is 4. The summed E-state index contributed by atoms with van der Waals surface area (Å²) in [6.45, 7) is 5.95. The highest BCUT2D eigenvalue weighted by Gasteiger charge is 2.18. The first-order valence-corrected chi connectivity index (χ1v) is 7.92. The number of hydrogen-bond donors (Lipinski definition) is 1. The molecule has 7 heteroatoms. The van der Waals surface area contributed by atoms with Gasteiger partial charge in [0.1, 0.15) is 10.8 Å². The quantitative estimate of drug-likeness (QED) is 0.589. The Bertz CT molecular complexity index is 846. The summed E-state index contributed by atoms with van der Waals surface area (Å²) in [5, 5.41) is 9.46. The zero-order chi connectivity index (χ0) is 15.7. The normalized spacial score (nSPS) is 12.7. The molecule has 3 aromatic rings. The van der Waals surface area contributed by atoms with Crippen molar-refractivity contribution in [3.63, 3.8) is 0 Å². The fourth-order valence-corrected chi connectivity index (χ4v) is 2.90. The van der Waals surface area contributed by atoms with Crippen molar-refractivity contribution in [2.24, 2.45) is 0 Å². The first kappa shape index (κ1) is 14.8. The second-order valence-corrected chi connectivity index (χ2v) is 6.29. The fraction of sp³-hybridized carbons (Fsp3) is 0.333. The average Bonchev–Trinajstić information content (AvgIpc) is 2.84. The van der Waals surface area contributed by atoms with Crippen molar-refractivity contribution >= 4 is 39.8 Å². The largest absolute Gasteiger partial charge is 0.465 e. The number of rotatable bonds is 4. The summed E-state index contributed by atoms with van der Waals surface area (Å²) in [7, 11) is 0. The molecule has 0 saturated heterocycles. The summed E-state index contributed by atoms with van der Waals surface area (Å²) in [6.07, 6.45) is 0. The van der Waals surface area contributed by atoms with Crippen LogP contribution >= 0.6 is 11.8 Å². The molecule has 0 bridgehead atoms. The van der Waals surface area contributed by atoms with Gasteiger partial charge in [-0.25, -0.2) is 4.98 Å². The van der Waals surface area contributed by atoms with Crippen LogP contribution in [0.25, 0.3) is 22.1 Å². The van der Waals surface area contributed by atoms with Crippen LogP contribution in [-0.2, 0) is 9.53 Å². The summed E-state index contributed by atoms with van der Waals surface area (Å²) in [5.41, 5.74) is 3.55. The average molecular weight is 316 g/mol. The molecule has 2 heterocycles. The van der Waals surface area contributed by atoms with Gasteiger partial charge in [0.15, 0.2) is 5.65 Å². The van der Waals surface area contributed by atoms with E-state index in [4.69, 9.17) is 4.74 Å². The first-order chi connectivity index (χ1) is 10.6. The van der Waals surface area contributed by atoms with E-state index in [1.807, 2.05) is 19.1 Å². The lowest BCUT2D eigenvalue weighted by Crippen LogP contribution is -2.17. The minimum Gasteiger partial charge on any atom is -0.465 e. The van der Waals surface area contributed by atoms with Crippen LogP contribution < -0.4 is 0 Å². The molecule has 114 valence electrons. The lowest BCUT2D eigenvalue weighted by Gasteiger charge is -2.08. The van der Waals surface area contributed by atoms with Gasteiger partial charge in [-0.05, 0) is 32.9 Å². The van der Waals surface area contributed by atoms with Crippen LogP contribution in [-0.4, -0.2) is 38.0 Å². The monoisotopic (exact) mass is 316 g/mol.